The number of anilines is 1. The lowest BCUT2D eigenvalue weighted by Crippen LogP contribution is -2.44. The number of ether oxygens (including phenoxy) is 2. The Morgan fingerprint density at radius 3 is 2.41 bits per heavy atom. The third-order valence-electron chi connectivity index (χ3n) is 4.88. The maximum absolute atomic E-state index is 13.0. The van der Waals surface area contributed by atoms with Crippen molar-refractivity contribution < 1.29 is 22.7 Å². The quantitative estimate of drug-likeness (QED) is 0.693. The van der Waals surface area contributed by atoms with Gasteiger partial charge in [0.25, 0.3) is 0 Å². The van der Waals surface area contributed by atoms with Crippen molar-refractivity contribution in [2.24, 2.45) is 0 Å². The molecule has 0 atom stereocenters. The highest BCUT2D eigenvalue weighted by atomic mass is 35.5. The highest BCUT2D eigenvalue weighted by Crippen LogP contribution is 2.39. The lowest BCUT2D eigenvalue weighted by atomic mass is 10.00. The number of carbonyl (C=O) groups is 1. The van der Waals surface area contributed by atoms with Crippen LogP contribution in [0, 0.1) is 0 Å². The van der Waals surface area contributed by atoms with Gasteiger partial charge < -0.3 is 14.4 Å². The number of halogens is 1. The largest absolute Gasteiger partial charge is 0.495 e. The van der Waals surface area contributed by atoms with Crippen molar-refractivity contribution in [2.45, 2.75) is 13.0 Å². The van der Waals surface area contributed by atoms with Crippen molar-refractivity contribution in [3.05, 3.63) is 52.5 Å². The summed E-state index contributed by atoms with van der Waals surface area (Å²) in [6, 6.07) is 10.9. The minimum absolute atomic E-state index is 0.196. The van der Waals surface area contributed by atoms with E-state index in [0.717, 1.165) is 22.5 Å². The summed E-state index contributed by atoms with van der Waals surface area (Å²) in [5, 5.41) is 0.278. The van der Waals surface area contributed by atoms with Crippen LogP contribution < -0.4 is 13.8 Å². The summed E-state index contributed by atoms with van der Waals surface area (Å²) >= 11 is 6.13. The lowest BCUT2D eigenvalue weighted by Gasteiger charge is -2.31. The maximum Gasteiger partial charge on any atom is 0.243 e. The molecule has 1 amide bonds. The second-order valence-corrected chi connectivity index (χ2v) is 9.08. The van der Waals surface area contributed by atoms with E-state index < -0.39 is 10.0 Å². The third-order valence-corrected chi connectivity index (χ3v) is 6.31. The zero-order valence-electron chi connectivity index (χ0n) is 16.5. The van der Waals surface area contributed by atoms with E-state index in [1.807, 2.05) is 24.3 Å². The number of carbonyl (C=O) groups excluding carboxylic acids is 1. The van der Waals surface area contributed by atoms with Crippen molar-refractivity contribution in [1.29, 1.82) is 0 Å². The second kappa shape index (κ2) is 8.51. The fraction of sp³-hybridized carbons (Fsp3) is 0.350. The SMILES string of the molecule is COc1cc(N(CC(=O)N2CCc3ccccc3C2)S(C)(=O)=O)c(OC)cc1Cl. The zero-order valence-corrected chi connectivity index (χ0v) is 18.1. The molecule has 0 N–H and O–H groups in total. The molecule has 0 bridgehead atoms. The second-order valence-electron chi connectivity index (χ2n) is 6.76. The van der Waals surface area contributed by atoms with Crippen LogP contribution >= 0.6 is 11.6 Å². The van der Waals surface area contributed by atoms with Crippen molar-refractivity contribution in [1.82, 2.24) is 4.90 Å². The number of amides is 1. The van der Waals surface area contributed by atoms with E-state index in [2.05, 4.69) is 0 Å². The van der Waals surface area contributed by atoms with Crippen molar-refractivity contribution in [3.8, 4) is 11.5 Å². The molecule has 0 fully saturated rings. The molecule has 2 aromatic carbocycles. The average Bonchev–Trinajstić information content (AvgIpc) is 2.70. The molecule has 0 spiro atoms. The van der Waals surface area contributed by atoms with Gasteiger partial charge in [-0.2, -0.15) is 0 Å². The summed E-state index contributed by atoms with van der Waals surface area (Å²) in [4.78, 5) is 14.6. The zero-order chi connectivity index (χ0) is 21.2. The van der Waals surface area contributed by atoms with Gasteiger partial charge in [0, 0.05) is 25.2 Å². The van der Waals surface area contributed by atoms with Crippen molar-refractivity contribution in [2.75, 3.05) is 37.9 Å². The minimum atomic E-state index is -3.78. The van der Waals surface area contributed by atoms with Crippen LogP contribution in [-0.2, 0) is 27.8 Å². The number of nitrogens with zero attached hydrogens (tertiary/aromatic N) is 2. The number of rotatable bonds is 6. The van der Waals surface area contributed by atoms with Crippen molar-refractivity contribution >= 4 is 33.2 Å². The van der Waals surface area contributed by atoms with E-state index in [0.29, 0.717) is 13.1 Å². The highest BCUT2D eigenvalue weighted by molar-refractivity contribution is 7.92. The Kier molecular flexibility index (Phi) is 6.24. The van der Waals surface area contributed by atoms with Crippen LogP contribution in [0.1, 0.15) is 11.1 Å². The molecule has 0 saturated heterocycles. The first-order valence-corrected chi connectivity index (χ1v) is 11.2. The van der Waals surface area contributed by atoms with E-state index >= 15 is 0 Å². The molecule has 9 heteroatoms. The third kappa shape index (κ3) is 4.59. The monoisotopic (exact) mass is 438 g/mol. The summed E-state index contributed by atoms with van der Waals surface area (Å²) in [5.74, 6) is 0.231. The Morgan fingerprint density at radius 1 is 1.14 bits per heavy atom. The Hall–Kier alpha value is -2.45. The number of hydrogen-bond acceptors (Lipinski definition) is 5. The minimum Gasteiger partial charge on any atom is -0.495 e. The van der Waals surface area contributed by atoms with E-state index in [1.54, 1.807) is 4.90 Å². The number of methoxy groups -OCH3 is 2. The fourth-order valence-corrected chi connectivity index (χ4v) is 4.43. The fourth-order valence-electron chi connectivity index (χ4n) is 3.35. The van der Waals surface area contributed by atoms with E-state index in [4.69, 9.17) is 21.1 Å². The van der Waals surface area contributed by atoms with Crippen LogP contribution in [-0.4, -0.2) is 52.8 Å². The molecule has 156 valence electrons. The Bertz CT molecular complexity index is 1030. The Morgan fingerprint density at radius 2 is 1.79 bits per heavy atom. The number of benzene rings is 2. The van der Waals surface area contributed by atoms with E-state index in [9.17, 15) is 13.2 Å². The number of fused-ring (bicyclic) bond motifs is 1. The first-order valence-electron chi connectivity index (χ1n) is 8.98. The molecule has 1 aliphatic heterocycles. The lowest BCUT2D eigenvalue weighted by molar-refractivity contribution is -0.130. The molecule has 0 aliphatic carbocycles. The van der Waals surface area contributed by atoms with Gasteiger partial charge in [0.1, 0.15) is 18.0 Å². The summed E-state index contributed by atoms with van der Waals surface area (Å²) in [6.45, 7) is 0.643. The molecule has 1 heterocycles. The first-order chi connectivity index (χ1) is 13.7. The van der Waals surface area contributed by atoms with Crippen LogP contribution in [0.3, 0.4) is 0 Å². The van der Waals surface area contributed by atoms with Gasteiger partial charge in [-0.3, -0.25) is 9.10 Å². The number of hydrogen-bond donors (Lipinski definition) is 0. The number of sulfonamides is 1. The molecule has 1 aliphatic rings. The van der Waals surface area contributed by atoms with Gasteiger partial charge in [-0.25, -0.2) is 8.42 Å². The molecule has 2 aromatic rings. The average molecular weight is 439 g/mol. The molecule has 7 nitrogen and oxygen atoms in total. The molecule has 29 heavy (non-hydrogen) atoms. The standard InChI is InChI=1S/C20H23ClN2O5S/c1-27-18-11-17(19(28-2)10-16(18)21)23(29(3,25)26)13-20(24)22-9-8-14-6-4-5-7-15(14)12-22/h4-7,10-11H,8-9,12-13H2,1-3H3. The normalized spacial score (nSPS) is 13.6. The topological polar surface area (TPSA) is 76.2 Å². The van der Waals surface area contributed by atoms with Gasteiger partial charge in [0.05, 0.1) is 31.2 Å². The molecule has 0 unspecified atom stereocenters. The predicted molar refractivity (Wildman–Crippen MR) is 112 cm³/mol. The van der Waals surface area contributed by atoms with Gasteiger partial charge in [0.15, 0.2) is 0 Å². The van der Waals surface area contributed by atoms with Crippen molar-refractivity contribution in [3.63, 3.8) is 0 Å². The maximum atomic E-state index is 13.0. The Labute approximate surface area is 175 Å². The first kappa shape index (κ1) is 21.3. The van der Waals surface area contributed by atoms with Gasteiger partial charge >= 0.3 is 0 Å². The predicted octanol–water partition coefficient (Wildman–Crippen LogP) is 2.71. The van der Waals surface area contributed by atoms with Crippen LogP contribution in [0.25, 0.3) is 0 Å². The molecule has 0 radical (unpaired) electrons. The van der Waals surface area contributed by atoms with E-state index in [1.165, 1.54) is 31.9 Å². The Balaban J connectivity index is 1.91. The smallest absolute Gasteiger partial charge is 0.243 e. The molecule has 0 saturated carbocycles. The summed E-state index contributed by atoms with van der Waals surface area (Å²) < 4.78 is 36.6. The molecular weight excluding hydrogens is 416 g/mol. The van der Waals surface area contributed by atoms with Gasteiger partial charge in [-0.05, 0) is 17.5 Å². The van der Waals surface area contributed by atoms with Gasteiger partial charge in [-0.1, -0.05) is 35.9 Å². The van der Waals surface area contributed by atoms with E-state index in [-0.39, 0.29) is 34.7 Å². The van der Waals surface area contributed by atoms with Crippen LogP contribution in [0.4, 0.5) is 5.69 Å². The molecule has 0 aromatic heterocycles. The molecular formula is C20H23ClN2O5S. The van der Waals surface area contributed by atoms with Crippen LogP contribution in [0.15, 0.2) is 36.4 Å². The van der Waals surface area contributed by atoms with Crippen LogP contribution in [0.5, 0.6) is 11.5 Å². The van der Waals surface area contributed by atoms with Gasteiger partial charge in [0.2, 0.25) is 15.9 Å². The highest BCUT2D eigenvalue weighted by Gasteiger charge is 2.29. The summed E-state index contributed by atoms with van der Waals surface area (Å²) in [7, 11) is -0.938. The van der Waals surface area contributed by atoms with Crippen LogP contribution in [0.2, 0.25) is 5.02 Å². The summed E-state index contributed by atoms with van der Waals surface area (Å²) in [6.07, 6.45) is 1.78. The van der Waals surface area contributed by atoms with Gasteiger partial charge in [-0.15, -0.1) is 0 Å². The molecule has 3 rings (SSSR count). The summed E-state index contributed by atoms with van der Waals surface area (Å²) in [5.41, 5.74) is 2.48.